The minimum Gasteiger partial charge on any atom is -0.348 e. The van der Waals surface area contributed by atoms with Crippen molar-refractivity contribution in [3.63, 3.8) is 0 Å². The van der Waals surface area contributed by atoms with Crippen molar-refractivity contribution in [2.24, 2.45) is 5.73 Å². The van der Waals surface area contributed by atoms with Gasteiger partial charge in [0.1, 0.15) is 0 Å². The summed E-state index contributed by atoms with van der Waals surface area (Å²) >= 11 is 0. The van der Waals surface area contributed by atoms with E-state index in [1.165, 1.54) is 5.56 Å². The SMILES string of the molecule is CC(C)c1ccc(C(C)NC(=O)C(C)(C)N)cc1. The zero-order valence-corrected chi connectivity index (χ0v) is 11.9. The minimum atomic E-state index is -0.841. The molecule has 3 N–H and O–H groups in total. The van der Waals surface area contributed by atoms with E-state index in [9.17, 15) is 4.79 Å². The maximum Gasteiger partial charge on any atom is 0.239 e. The average molecular weight is 248 g/mol. The van der Waals surface area contributed by atoms with Gasteiger partial charge >= 0.3 is 0 Å². The minimum absolute atomic E-state index is 0.0264. The van der Waals surface area contributed by atoms with E-state index >= 15 is 0 Å². The molecule has 18 heavy (non-hydrogen) atoms. The van der Waals surface area contributed by atoms with Crippen molar-refractivity contribution >= 4 is 5.91 Å². The van der Waals surface area contributed by atoms with Crippen molar-refractivity contribution in [3.8, 4) is 0 Å². The quantitative estimate of drug-likeness (QED) is 0.860. The van der Waals surface area contributed by atoms with Crippen LogP contribution in [0.3, 0.4) is 0 Å². The van der Waals surface area contributed by atoms with Crippen molar-refractivity contribution < 1.29 is 4.79 Å². The molecule has 0 saturated heterocycles. The molecule has 0 aliphatic carbocycles. The summed E-state index contributed by atoms with van der Waals surface area (Å²) in [5, 5.41) is 2.92. The normalized spacial score (nSPS) is 13.5. The van der Waals surface area contributed by atoms with Crippen LogP contribution in [-0.4, -0.2) is 11.4 Å². The van der Waals surface area contributed by atoms with Crippen LogP contribution in [0.1, 0.15) is 57.7 Å². The fourth-order valence-corrected chi connectivity index (χ4v) is 1.64. The zero-order chi connectivity index (χ0) is 13.9. The Bertz CT molecular complexity index is 401. The molecule has 1 atom stereocenters. The number of amides is 1. The molecular weight excluding hydrogens is 224 g/mol. The molecule has 0 heterocycles. The lowest BCUT2D eigenvalue weighted by Crippen LogP contribution is -2.49. The number of benzene rings is 1. The molecule has 0 aromatic heterocycles. The molecule has 1 aromatic rings. The Kier molecular flexibility index (Phi) is 4.52. The molecule has 0 radical (unpaired) electrons. The van der Waals surface area contributed by atoms with E-state index in [0.29, 0.717) is 5.92 Å². The Morgan fingerprint density at radius 3 is 1.94 bits per heavy atom. The van der Waals surface area contributed by atoms with Crippen LogP contribution in [0.2, 0.25) is 0 Å². The number of nitrogens with two attached hydrogens (primary N) is 1. The third-order valence-corrected chi connectivity index (χ3v) is 3.04. The molecule has 100 valence electrons. The van der Waals surface area contributed by atoms with Gasteiger partial charge in [-0.3, -0.25) is 4.79 Å². The summed E-state index contributed by atoms with van der Waals surface area (Å²) < 4.78 is 0. The highest BCUT2D eigenvalue weighted by Gasteiger charge is 2.23. The van der Waals surface area contributed by atoms with Gasteiger partial charge in [-0.25, -0.2) is 0 Å². The van der Waals surface area contributed by atoms with E-state index < -0.39 is 5.54 Å². The summed E-state index contributed by atoms with van der Waals surface area (Å²) in [6, 6.07) is 8.31. The van der Waals surface area contributed by atoms with Gasteiger partial charge in [0.25, 0.3) is 0 Å². The van der Waals surface area contributed by atoms with Gasteiger partial charge in [0, 0.05) is 0 Å². The Morgan fingerprint density at radius 2 is 1.56 bits per heavy atom. The highest BCUT2D eigenvalue weighted by atomic mass is 16.2. The first-order valence-corrected chi connectivity index (χ1v) is 6.41. The highest BCUT2D eigenvalue weighted by molar-refractivity contribution is 5.85. The van der Waals surface area contributed by atoms with Gasteiger partial charge in [-0.1, -0.05) is 38.1 Å². The van der Waals surface area contributed by atoms with Gasteiger partial charge in [-0.15, -0.1) is 0 Å². The van der Waals surface area contributed by atoms with Gasteiger partial charge < -0.3 is 11.1 Å². The van der Waals surface area contributed by atoms with Crippen LogP contribution in [0.25, 0.3) is 0 Å². The summed E-state index contributed by atoms with van der Waals surface area (Å²) in [6.45, 7) is 9.70. The maximum absolute atomic E-state index is 11.8. The largest absolute Gasteiger partial charge is 0.348 e. The van der Waals surface area contributed by atoms with E-state index in [-0.39, 0.29) is 11.9 Å². The van der Waals surface area contributed by atoms with Crippen LogP contribution in [0, 0.1) is 0 Å². The third kappa shape index (κ3) is 3.84. The molecule has 1 rings (SSSR count). The lowest BCUT2D eigenvalue weighted by molar-refractivity contribution is -0.125. The molecule has 1 aromatic carbocycles. The van der Waals surface area contributed by atoms with Crippen molar-refractivity contribution in [2.75, 3.05) is 0 Å². The van der Waals surface area contributed by atoms with Gasteiger partial charge in [0.05, 0.1) is 11.6 Å². The number of carbonyl (C=O) groups excluding carboxylic acids is 1. The highest BCUT2D eigenvalue weighted by Crippen LogP contribution is 2.18. The second-order valence-corrected chi connectivity index (χ2v) is 5.74. The summed E-state index contributed by atoms with van der Waals surface area (Å²) in [7, 11) is 0. The second-order valence-electron chi connectivity index (χ2n) is 5.74. The Hall–Kier alpha value is -1.35. The number of hydrogen-bond donors (Lipinski definition) is 2. The Labute approximate surface area is 110 Å². The predicted molar refractivity (Wildman–Crippen MR) is 75.4 cm³/mol. The summed E-state index contributed by atoms with van der Waals surface area (Å²) in [5.74, 6) is 0.384. The standard InChI is InChI=1S/C15H24N2O/c1-10(2)12-6-8-13(9-7-12)11(3)17-14(18)15(4,5)16/h6-11H,16H2,1-5H3,(H,17,18). The first-order chi connectivity index (χ1) is 8.21. The van der Waals surface area contributed by atoms with E-state index in [0.717, 1.165) is 5.56 Å². The van der Waals surface area contributed by atoms with Gasteiger partial charge in [-0.05, 0) is 37.8 Å². The number of rotatable bonds is 4. The van der Waals surface area contributed by atoms with E-state index in [2.05, 4.69) is 43.4 Å². The van der Waals surface area contributed by atoms with Gasteiger partial charge in [-0.2, -0.15) is 0 Å². The summed E-state index contributed by atoms with van der Waals surface area (Å²) in [6.07, 6.45) is 0. The summed E-state index contributed by atoms with van der Waals surface area (Å²) in [5.41, 5.74) is 7.31. The Morgan fingerprint density at radius 1 is 1.11 bits per heavy atom. The third-order valence-electron chi connectivity index (χ3n) is 3.04. The number of nitrogens with one attached hydrogen (secondary N) is 1. The van der Waals surface area contributed by atoms with Crippen molar-refractivity contribution in [3.05, 3.63) is 35.4 Å². The Balaban J connectivity index is 2.73. The molecule has 0 saturated carbocycles. The fraction of sp³-hybridized carbons (Fsp3) is 0.533. The zero-order valence-electron chi connectivity index (χ0n) is 11.9. The predicted octanol–water partition coefficient (Wildman–Crippen LogP) is 2.72. The smallest absolute Gasteiger partial charge is 0.239 e. The van der Waals surface area contributed by atoms with E-state index in [1.807, 2.05) is 6.92 Å². The molecule has 1 amide bonds. The lowest BCUT2D eigenvalue weighted by atomic mass is 9.99. The summed E-state index contributed by atoms with van der Waals surface area (Å²) in [4.78, 5) is 11.8. The molecule has 0 aliphatic rings. The fourth-order valence-electron chi connectivity index (χ4n) is 1.64. The van der Waals surface area contributed by atoms with Crippen LogP contribution >= 0.6 is 0 Å². The second kappa shape index (κ2) is 5.53. The maximum atomic E-state index is 11.8. The van der Waals surface area contributed by atoms with Crippen molar-refractivity contribution in [1.29, 1.82) is 0 Å². The molecule has 0 spiro atoms. The molecule has 1 unspecified atom stereocenters. The van der Waals surface area contributed by atoms with Crippen LogP contribution in [0.15, 0.2) is 24.3 Å². The van der Waals surface area contributed by atoms with Crippen molar-refractivity contribution in [2.45, 2.75) is 52.1 Å². The molecule has 0 aliphatic heterocycles. The first kappa shape index (κ1) is 14.7. The van der Waals surface area contributed by atoms with Crippen LogP contribution < -0.4 is 11.1 Å². The molecule has 3 nitrogen and oxygen atoms in total. The molecule has 3 heteroatoms. The van der Waals surface area contributed by atoms with Crippen molar-refractivity contribution in [1.82, 2.24) is 5.32 Å². The van der Waals surface area contributed by atoms with Gasteiger partial charge in [0.2, 0.25) is 5.91 Å². The monoisotopic (exact) mass is 248 g/mol. The number of carbonyl (C=O) groups is 1. The van der Waals surface area contributed by atoms with Crippen LogP contribution in [0.5, 0.6) is 0 Å². The van der Waals surface area contributed by atoms with Crippen LogP contribution in [0.4, 0.5) is 0 Å². The topological polar surface area (TPSA) is 55.1 Å². The number of hydrogen-bond acceptors (Lipinski definition) is 2. The average Bonchev–Trinajstić information content (AvgIpc) is 2.27. The molecular formula is C15H24N2O. The van der Waals surface area contributed by atoms with Crippen LogP contribution in [-0.2, 0) is 4.79 Å². The molecule has 0 fully saturated rings. The lowest BCUT2D eigenvalue weighted by Gasteiger charge is -2.22. The van der Waals surface area contributed by atoms with E-state index in [1.54, 1.807) is 13.8 Å². The first-order valence-electron chi connectivity index (χ1n) is 6.41. The van der Waals surface area contributed by atoms with Gasteiger partial charge in [0.15, 0.2) is 0 Å². The van der Waals surface area contributed by atoms with E-state index in [4.69, 9.17) is 5.73 Å². The molecule has 0 bridgehead atoms.